The molecule has 1 atom stereocenters. The molecule has 1 unspecified atom stereocenters. The van der Waals surface area contributed by atoms with E-state index in [0.29, 0.717) is 0 Å². The van der Waals surface area contributed by atoms with Crippen LogP contribution in [0, 0.1) is 6.92 Å². The van der Waals surface area contributed by atoms with Crippen LogP contribution in [-0.2, 0) is 4.74 Å². The molecule has 3 aromatic rings. The van der Waals surface area contributed by atoms with Crippen LogP contribution >= 0.6 is 0 Å². The second kappa shape index (κ2) is 6.50. The predicted octanol–water partition coefficient (Wildman–Crippen LogP) is 4.42. The summed E-state index contributed by atoms with van der Waals surface area (Å²) in [4.78, 5) is 8.98. The fourth-order valence-corrected chi connectivity index (χ4v) is 4.24. The molecular formula is C22H23N3O2. The summed E-state index contributed by atoms with van der Waals surface area (Å²) in [5.74, 6) is 1.85. The van der Waals surface area contributed by atoms with Crippen LogP contribution in [0.4, 0.5) is 5.82 Å². The maximum Gasteiger partial charge on any atom is 0.137 e. The molecule has 138 valence electrons. The van der Waals surface area contributed by atoms with Crippen molar-refractivity contribution in [2.45, 2.75) is 37.8 Å². The van der Waals surface area contributed by atoms with E-state index in [2.05, 4.69) is 58.6 Å². The maximum absolute atomic E-state index is 6.48. The van der Waals surface area contributed by atoms with Gasteiger partial charge in [0.05, 0.1) is 24.8 Å². The van der Waals surface area contributed by atoms with Gasteiger partial charge >= 0.3 is 0 Å². The number of ether oxygens (including phenoxy) is 2. The minimum Gasteiger partial charge on any atom is -0.487 e. The highest BCUT2D eigenvalue weighted by molar-refractivity contribution is 5.89. The molecular weight excluding hydrogens is 338 g/mol. The minimum atomic E-state index is -0.163. The molecule has 5 nitrogen and oxygen atoms in total. The average molecular weight is 361 g/mol. The Morgan fingerprint density at radius 1 is 1.07 bits per heavy atom. The standard InChI is InChI=1S/C22H23N3O2/c1-15-6-7-17-18(12-15)23-14-24-21(17)25-19-13-22(8-10-26-11-9-22)27-20-5-3-2-4-16(19)20/h2-7,12,14,19H,8-11,13H2,1H3,(H,23,24,25). The number of nitrogens with zero attached hydrogens (tertiary/aromatic N) is 2. The maximum atomic E-state index is 6.48. The molecule has 0 saturated carbocycles. The lowest BCUT2D eigenvalue weighted by atomic mass is 9.82. The van der Waals surface area contributed by atoms with Gasteiger partial charge in [-0.2, -0.15) is 0 Å². The van der Waals surface area contributed by atoms with Crippen molar-refractivity contribution in [3.05, 3.63) is 59.9 Å². The molecule has 1 spiro atoms. The van der Waals surface area contributed by atoms with Crippen molar-refractivity contribution >= 4 is 16.7 Å². The normalized spacial score (nSPS) is 20.9. The van der Waals surface area contributed by atoms with Crippen LogP contribution in [0.25, 0.3) is 10.9 Å². The van der Waals surface area contributed by atoms with Gasteiger partial charge in [-0.05, 0) is 30.7 Å². The number of hydrogen-bond donors (Lipinski definition) is 1. The summed E-state index contributed by atoms with van der Waals surface area (Å²) in [6.45, 7) is 3.59. The summed E-state index contributed by atoms with van der Waals surface area (Å²) >= 11 is 0. The van der Waals surface area contributed by atoms with Gasteiger partial charge in [-0.25, -0.2) is 9.97 Å². The summed E-state index contributed by atoms with van der Waals surface area (Å²) < 4.78 is 12.1. The van der Waals surface area contributed by atoms with Crippen LogP contribution in [0.15, 0.2) is 48.8 Å². The highest BCUT2D eigenvalue weighted by Crippen LogP contribution is 2.45. The number of hydrogen-bond acceptors (Lipinski definition) is 5. The third-order valence-corrected chi connectivity index (χ3v) is 5.70. The molecule has 2 aromatic carbocycles. The Bertz CT molecular complexity index is 982. The van der Waals surface area contributed by atoms with Gasteiger partial charge in [-0.1, -0.05) is 24.3 Å². The Balaban J connectivity index is 1.54. The first kappa shape index (κ1) is 16.5. The molecule has 3 heterocycles. The van der Waals surface area contributed by atoms with Crippen molar-refractivity contribution in [1.82, 2.24) is 9.97 Å². The van der Waals surface area contributed by atoms with E-state index in [1.807, 2.05) is 6.07 Å². The molecule has 1 saturated heterocycles. The summed E-state index contributed by atoms with van der Waals surface area (Å²) in [5.41, 5.74) is 3.19. The lowest BCUT2D eigenvalue weighted by Gasteiger charge is -2.44. The average Bonchev–Trinajstić information content (AvgIpc) is 2.68. The predicted molar refractivity (Wildman–Crippen MR) is 105 cm³/mol. The second-order valence-corrected chi connectivity index (χ2v) is 7.58. The van der Waals surface area contributed by atoms with Crippen LogP contribution in [0.3, 0.4) is 0 Å². The number of fused-ring (bicyclic) bond motifs is 2. The zero-order valence-electron chi connectivity index (χ0n) is 15.4. The third kappa shape index (κ3) is 3.02. The number of rotatable bonds is 2. The van der Waals surface area contributed by atoms with Crippen LogP contribution in [-0.4, -0.2) is 28.8 Å². The summed E-state index contributed by atoms with van der Waals surface area (Å²) in [5, 5.41) is 4.75. The first-order chi connectivity index (χ1) is 13.2. The van der Waals surface area contributed by atoms with Crippen molar-refractivity contribution in [2.75, 3.05) is 18.5 Å². The number of aromatic nitrogens is 2. The molecule has 5 rings (SSSR count). The Morgan fingerprint density at radius 3 is 2.81 bits per heavy atom. The van der Waals surface area contributed by atoms with E-state index in [0.717, 1.165) is 54.9 Å². The van der Waals surface area contributed by atoms with Gasteiger partial charge in [0, 0.05) is 30.2 Å². The Hall–Kier alpha value is -2.66. The molecule has 0 amide bonds. The van der Waals surface area contributed by atoms with E-state index in [9.17, 15) is 0 Å². The van der Waals surface area contributed by atoms with Crippen LogP contribution in [0.5, 0.6) is 5.75 Å². The molecule has 2 aliphatic heterocycles. The first-order valence-corrected chi connectivity index (χ1v) is 9.56. The molecule has 27 heavy (non-hydrogen) atoms. The Morgan fingerprint density at radius 2 is 1.93 bits per heavy atom. The Labute approximate surface area is 158 Å². The van der Waals surface area contributed by atoms with Crippen molar-refractivity contribution in [1.29, 1.82) is 0 Å². The molecule has 1 aromatic heterocycles. The summed E-state index contributed by atoms with van der Waals surface area (Å²) in [7, 11) is 0. The number of benzene rings is 2. The monoisotopic (exact) mass is 361 g/mol. The van der Waals surface area contributed by atoms with Crippen LogP contribution in [0.2, 0.25) is 0 Å². The van der Waals surface area contributed by atoms with E-state index in [-0.39, 0.29) is 11.6 Å². The van der Waals surface area contributed by atoms with Crippen molar-refractivity contribution in [3.63, 3.8) is 0 Å². The minimum absolute atomic E-state index is 0.146. The number of anilines is 1. The van der Waals surface area contributed by atoms with Gasteiger partial charge in [0.2, 0.25) is 0 Å². The highest BCUT2D eigenvalue weighted by Gasteiger charge is 2.42. The van der Waals surface area contributed by atoms with Crippen LogP contribution in [0.1, 0.15) is 36.4 Å². The second-order valence-electron chi connectivity index (χ2n) is 7.58. The molecule has 0 radical (unpaired) electrons. The fourth-order valence-electron chi connectivity index (χ4n) is 4.24. The zero-order chi connectivity index (χ0) is 18.3. The fraction of sp³-hybridized carbons (Fsp3) is 0.364. The van der Waals surface area contributed by atoms with Crippen LogP contribution < -0.4 is 10.1 Å². The molecule has 1 fully saturated rings. The van der Waals surface area contributed by atoms with E-state index in [1.54, 1.807) is 6.33 Å². The lowest BCUT2D eigenvalue weighted by molar-refractivity contribution is -0.0608. The van der Waals surface area contributed by atoms with Crippen molar-refractivity contribution < 1.29 is 9.47 Å². The molecule has 0 bridgehead atoms. The first-order valence-electron chi connectivity index (χ1n) is 9.56. The van der Waals surface area contributed by atoms with Gasteiger partial charge in [-0.3, -0.25) is 0 Å². The largest absolute Gasteiger partial charge is 0.487 e. The van der Waals surface area contributed by atoms with Gasteiger partial charge in [0.1, 0.15) is 23.5 Å². The number of para-hydroxylation sites is 1. The topological polar surface area (TPSA) is 56.3 Å². The summed E-state index contributed by atoms with van der Waals surface area (Å²) in [6.07, 6.45) is 4.39. The lowest BCUT2D eigenvalue weighted by Crippen LogP contribution is -2.46. The quantitative estimate of drug-likeness (QED) is 0.732. The van der Waals surface area contributed by atoms with Crippen molar-refractivity contribution in [2.24, 2.45) is 0 Å². The SMILES string of the molecule is Cc1ccc2c(NC3CC4(CCOCC4)Oc4ccccc43)ncnc2c1. The zero-order valence-corrected chi connectivity index (χ0v) is 15.4. The smallest absolute Gasteiger partial charge is 0.137 e. The molecule has 1 N–H and O–H groups in total. The number of aryl methyl sites for hydroxylation is 1. The number of nitrogens with one attached hydrogen (secondary N) is 1. The van der Waals surface area contributed by atoms with Gasteiger partial charge in [0.25, 0.3) is 0 Å². The highest BCUT2D eigenvalue weighted by atomic mass is 16.5. The van der Waals surface area contributed by atoms with E-state index in [4.69, 9.17) is 9.47 Å². The van der Waals surface area contributed by atoms with E-state index >= 15 is 0 Å². The van der Waals surface area contributed by atoms with Gasteiger partial charge in [0.15, 0.2) is 0 Å². The summed E-state index contributed by atoms with van der Waals surface area (Å²) in [6, 6.07) is 14.8. The Kier molecular flexibility index (Phi) is 3.97. The molecule has 5 heteroatoms. The molecule has 2 aliphatic rings. The van der Waals surface area contributed by atoms with Gasteiger partial charge in [-0.15, -0.1) is 0 Å². The van der Waals surface area contributed by atoms with Gasteiger partial charge < -0.3 is 14.8 Å². The van der Waals surface area contributed by atoms with E-state index < -0.39 is 0 Å². The van der Waals surface area contributed by atoms with Crippen molar-refractivity contribution in [3.8, 4) is 5.75 Å². The molecule has 0 aliphatic carbocycles. The third-order valence-electron chi connectivity index (χ3n) is 5.70. The van der Waals surface area contributed by atoms with E-state index in [1.165, 1.54) is 11.1 Å².